The van der Waals surface area contributed by atoms with Gasteiger partial charge < -0.3 is 20.4 Å². The number of fused-ring (bicyclic) bond motifs is 1. The minimum atomic E-state index is -0.186. The summed E-state index contributed by atoms with van der Waals surface area (Å²) in [6.07, 6.45) is 6.73. The van der Waals surface area contributed by atoms with Crippen molar-refractivity contribution >= 4 is 40.4 Å². The van der Waals surface area contributed by atoms with E-state index < -0.39 is 0 Å². The Balaban J connectivity index is 1.52. The van der Waals surface area contributed by atoms with E-state index in [1.54, 1.807) is 6.07 Å². The Labute approximate surface area is 204 Å². The van der Waals surface area contributed by atoms with Gasteiger partial charge in [-0.25, -0.2) is 0 Å². The number of hydrogen-bond acceptors (Lipinski definition) is 5. The average Bonchev–Trinajstić information content (AvgIpc) is 3.19. The molecule has 3 amide bonds. The number of carbonyl (C=O) groups is 3. The number of nitrogens with one attached hydrogen (secondary N) is 2. The molecule has 1 aromatic heterocycles. The summed E-state index contributed by atoms with van der Waals surface area (Å²) >= 11 is 1.42. The van der Waals surface area contributed by atoms with Crippen molar-refractivity contribution in [3.8, 4) is 0 Å². The molecular formula is C26H32N4O3S. The predicted octanol–water partition coefficient (Wildman–Crippen LogP) is 4.12. The van der Waals surface area contributed by atoms with Gasteiger partial charge in [-0.05, 0) is 61.4 Å². The highest BCUT2D eigenvalue weighted by Gasteiger charge is 2.38. The van der Waals surface area contributed by atoms with Gasteiger partial charge in [0.15, 0.2) is 0 Å². The molecule has 0 spiro atoms. The van der Waals surface area contributed by atoms with Crippen molar-refractivity contribution in [1.82, 2.24) is 10.2 Å². The third-order valence-electron chi connectivity index (χ3n) is 7.28. The normalized spacial score (nSPS) is 21.9. The van der Waals surface area contributed by atoms with Gasteiger partial charge in [-0.15, -0.1) is 11.3 Å². The van der Waals surface area contributed by atoms with Gasteiger partial charge in [0.1, 0.15) is 0 Å². The summed E-state index contributed by atoms with van der Waals surface area (Å²) in [4.78, 5) is 44.4. The van der Waals surface area contributed by atoms with Gasteiger partial charge in [0.05, 0.1) is 16.3 Å². The van der Waals surface area contributed by atoms with E-state index in [-0.39, 0.29) is 30.2 Å². The molecule has 2 aromatic rings. The highest BCUT2D eigenvalue weighted by Crippen LogP contribution is 2.40. The predicted molar refractivity (Wildman–Crippen MR) is 135 cm³/mol. The summed E-state index contributed by atoms with van der Waals surface area (Å²) in [6.45, 7) is 3.06. The summed E-state index contributed by atoms with van der Waals surface area (Å²) < 4.78 is 0. The van der Waals surface area contributed by atoms with E-state index in [0.717, 1.165) is 45.2 Å². The van der Waals surface area contributed by atoms with Crippen LogP contribution in [0.3, 0.4) is 0 Å². The molecule has 5 rings (SSSR count). The first kappa shape index (κ1) is 23.1. The van der Waals surface area contributed by atoms with Crippen molar-refractivity contribution in [3.63, 3.8) is 0 Å². The highest BCUT2D eigenvalue weighted by atomic mass is 32.1. The van der Waals surface area contributed by atoms with E-state index in [2.05, 4.69) is 10.6 Å². The maximum absolute atomic E-state index is 13.8. The van der Waals surface area contributed by atoms with Crippen LogP contribution >= 0.6 is 11.3 Å². The number of hydrogen-bond donors (Lipinski definition) is 2. The molecule has 1 aliphatic carbocycles. The molecule has 34 heavy (non-hydrogen) atoms. The highest BCUT2D eigenvalue weighted by molar-refractivity contribution is 7.12. The first-order valence-electron chi connectivity index (χ1n) is 12.4. The summed E-state index contributed by atoms with van der Waals surface area (Å²) in [5.41, 5.74) is 1.78. The second kappa shape index (κ2) is 10.3. The topological polar surface area (TPSA) is 81.8 Å². The third-order valence-corrected chi connectivity index (χ3v) is 8.13. The molecule has 180 valence electrons. The number of amides is 3. The van der Waals surface area contributed by atoms with Crippen molar-refractivity contribution in [2.45, 2.75) is 51.0 Å². The summed E-state index contributed by atoms with van der Waals surface area (Å²) in [6, 6.07) is 8.96. The van der Waals surface area contributed by atoms with Crippen LogP contribution in [0, 0.1) is 5.92 Å². The Bertz CT molecular complexity index is 1040. The van der Waals surface area contributed by atoms with Gasteiger partial charge in [0.2, 0.25) is 5.91 Å². The van der Waals surface area contributed by atoms with Crippen LogP contribution in [0.4, 0.5) is 11.4 Å². The Morgan fingerprint density at radius 3 is 2.62 bits per heavy atom. The number of thiophene rings is 1. The summed E-state index contributed by atoms with van der Waals surface area (Å²) in [5, 5.41) is 8.25. The fraction of sp³-hybridized carbons (Fsp3) is 0.500. The van der Waals surface area contributed by atoms with E-state index in [1.807, 2.05) is 39.4 Å². The summed E-state index contributed by atoms with van der Waals surface area (Å²) in [5.74, 6) is 0.0908. The lowest BCUT2D eigenvalue weighted by Gasteiger charge is -2.37. The number of anilines is 2. The maximum atomic E-state index is 13.8. The quantitative estimate of drug-likeness (QED) is 0.692. The molecule has 8 heteroatoms. The van der Waals surface area contributed by atoms with Gasteiger partial charge in [0, 0.05) is 37.7 Å². The van der Waals surface area contributed by atoms with Crippen LogP contribution in [0.25, 0.3) is 0 Å². The van der Waals surface area contributed by atoms with E-state index in [0.29, 0.717) is 40.8 Å². The maximum Gasteiger partial charge on any atom is 0.268 e. The number of benzene rings is 1. The minimum Gasteiger partial charge on any atom is -0.337 e. The van der Waals surface area contributed by atoms with Crippen LogP contribution in [0.15, 0.2) is 35.7 Å². The molecular weight excluding hydrogens is 448 g/mol. The number of carbonyl (C=O) groups excluding carboxylic acids is 3. The van der Waals surface area contributed by atoms with Crippen LogP contribution < -0.4 is 15.5 Å². The van der Waals surface area contributed by atoms with Crippen LogP contribution in [-0.4, -0.2) is 54.8 Å². The molecule has 1 aromatic carbocycles. The lowest BCUT2D eigenvalue weighted by molar-refractivity contribution is -0.116. The van der Waals surface area contributed by atoms with Crippen LogP contribution in [0.1, 0.15) is 65.0 Å². The molecule has 0 bridgehead atoms. The molecule has 1 saturated carbocycles. The fourth-order valence-electron chi connectivity index (χ4n) is 5.55. The molecule has 3 aliphatic rings. The molecule has 2 fully saturated rings. The first-order valence-corrected chi connectivity index (χ1v) is 13.3. The number of nitrogens with zero attached hydrogens (tertiary/aromatic N) is 2. The monoisotopic (exact) mass is 480 g/mol. The largest absolute Gasteiger partial charge is 0.337 e. The van der Waals surface area contributed by atoms with E-state index in [4.69, 9.17) is 0 Å². The van der Waals surface area contributed by atoms with Gasteiger partial charge >= 0.3 is 0 Å². The SMILES string of the molecule is O=C1CC(C2CCCCC2)N(C(=O)c2cccs2)c2ccc(C(=O)N3CCCNCC3)cc2N1. The van der Waals surface area contributed by atoms with Crippen LogP contribution in [-0.2, 0) is 4.79 Å². The zero-order valence-corrected chi connectivity index (χ0v) is 20.2. The lowest BCUT2D eigenvalue weighted by Crippen LogP contribution is -2.45. The number of rotatable bonds is 3. The minimum absolute atomic E-state index is 0.0371. The standard InChI is InChI=1S/C26H32N4O3S/c31-24-17-22(18-6-2-1-3-7-18)30(26(33)23-8-4-15-34-23)21-10-9-19(16-20(21)28-24)25(32)29-13-5-11-27-12-14-29/h4,8-10,15-16,18,22,27H,1-3,5-7,11-14,17H2,(H,28,31). The van der Waals surface area contributed by atoms with Gasteiger partial charge in [-0.2, -0.15) is 0 Å². The van der Waals surface area contributed by atoms with Crippen molar-refractivity contribution in [2.75, 3.05) is 36.4 Å². The van der Waals surface area contributed by atoms with Crippen LogP contribution in [0.2, 0.25) is 0 Å². The van der Waals surface area contributed by atoms with Gasteiger partial charge in [-0.1, -0.05) is 25.3 Å². The molecule has 7 nitrogen and oxygen atoms in total. The van der Waals surface area contributed by atoms with Crippen molar-refractivity contribution in [1.29, 1.82) is 0 Å². The lowest BCUT2D eigenvalue weighted by atomic mass is 9.81. The smallest absolute Gasteiger partial charge is 0.268 e. The van der Waals surface area contributed by atoms with Gasteiger partial charge in [0.25, 0.3) is 11.8 Å². The molecule has 1 unspecified atom stereocenters. The Hall–Kier alpha value is -2.71. The van der Waals surface area contributed by atoms with E-state index in [9.17, 15) is 14.4 Å². The third kappa shape index (κ3) is 4.74. The molecule has 1 saturated heterocycles. The summed E-state index contributed by atoms with van der Waals surface area (Å²) in [7, 11) is 0. The Morgan fingerprint density at radius 1 is 0.971 bits per heavy atom. The van der Waals surface area contributed by atoms with Crippen molar-refractivity contribution < 1.29 is 14.4 Å². The van der Waals surface area contributed by atoms with Crippen LogP contribution in [0.5, 0.6) is 0 Å². The second-order valence-electron chi connectivity index (χ2n) is 9.50. The zero-order valence-electron chi connectivity index (χ0n) is 19.4. The second-order valence-corrected chi connectivity index (χ2v) is 10.4. The zero-order chi connectivity index (χ0) is 23.5. The average molecular weight is 481 g/mol. The van der Waals surface area contributed by atoms with Crippen molar-refractivity contribution in [2.24, 2.45) is 5.92 Å². The van der Waals surface area contributed by atoms with Crippen molar-refractivity contribution in [3.05, 3.63) is 46.2 Å². The Morgan fingerprint density at radius 2 is 1.82 bits per heavy atom. The molecule has 3 heterocycles. The molecule has 2 aliphatic heterocycles. The molecule has 1 atom stereocenters. The molecule has 0 radical (unpaired) electrons. The Kier molecular flexibility index (Phi) is 6.97. The molecule has 2 N–H and O–H groups in total. The first-order chi connectivity index (χ1) is 16.6. The van der Waals surface area contributed by atoms with E-state index in [1.165, 1.54) is 17.8 Å². The van der Waals surface area contributed by atoms with E-state index >= 15 is 0 Å². The van der Waals surface area contributed by atoms with Gasteiger partial charge in [-0.3, -0.25) is 14.4 Å². The fourth-order valence-corrected chi connectivity index (χ4v) is 6.21.